The second kappa shape index (κ2) is 7.76. The summed E-state index contributed by atoms with van der Waals surface area (Å²) < 4.78 is 34.6. The SMILES string of the molecule is COC1CC(CC(=O)O)N(C(=O)c2cc(Cl)ccc2OC(F)F)C1. The van der Waals surface area contributed by atoms with Crippen LogP contribution in [0.3, 0.4) is 0 Å². The molecule has 1 aliphatic rings. The van der Waals surface area contributed by atoms with E-state index in [9.17, 15) is 18.4 Å². The number of alkyl halides is 2. The number of aliphatic carboxylic acids is 1. The van der Waals surface area contributed by atoms with Crippen LogP contribution in [0.2, 0.25) is 5.02 Å². The predicted molar refractivity (Wildman–Crippen MR) is 80.6 cm³/mol. The van der Waals surface area contributed by atoms with Gasteiger partial charge in [0, 0.05) is 24.7 Å². The van der Waals surface area contributed by atoms with Gasteiger partial charge in [0.15, 0.2) is 0 Å². The third kappa shape index (κ3) is 4.33. The van der Waals surface area contributed by atoms with Gasteiger partial charge in [-0.25, -0.2) is 0 Å². The van der Waals surface area contributed by atoms with Crippen molar-refractivity contribution in [2.24, 2.45) is 0 Å². The Labute approximate surface area is 141 Å². The van der Waals surface area contributed by atoms with E-state index in [0.717, 1.165) is 0 Å². The number of carbonyl (C=O) groups is 2. The highest BCUT2D eigenvalue weighted by Crippen LogP contribution is 2.30. The van der Waals surface area contributed by atoms with Crippen molar-refractivity contribution in [1.82, 2.24) is 4.90 Å². The maximum Gasteiger partial charge on any atom is 0.387 e. The molecule has 0 aromatic heterocycles. The molecule has 9 heteroatoms. The molecule has 1 saturated heterocycles. The number of halogens is 3. The van der Waals surface area contributed by atoms with Crippen molar-refractivity contribution in [3.05, 3.63) is 28.8 Å². The lowest BCUT2D eigenvalue weighted by Crippen LogP contribution is -2.37. The Morgan fingerprint density at radius 1 is 1.46 bits per heavy atom. The molecule has 1 N–H and O–H groups in total. The lowest BCUT2D eigenvalue weighted by atomic mass is 10.1. The van der Waals surface area contributed by atoms with Crippen molar-refractivity contribution in [2.45, 2.75) is 31.6 Å². The predicted octanol–water partition coefficient (Wildman–Crippen LogP) is 2.65. The molecule has 0 bridgehead atoms. The van der Waals surface area contributed by atoms with Crippen LogP contribution in [0, 0.1) is 0 Å². The van der Waals surface area contributed by atoms with Gasteiger partial charge in [0.05, 0.1) is 18.1 Å². The summed E-state index contributed by atoms with van der Waals surface area (Å²) in [5.74, 6) is -2.00. The number of carboxylic acid groups (broad SMARTS) is 1. The molecule has 1 aliphatic heterocycles. The van der Waals surface area contributed by atoms with Gasteiger partial charge >= 0.3 is 12.6 Å². The van der Waals surface area contributed by atoms with Gasteiger partial charge in [-0.15, -0.1) is 0 Å². The van der Waals surface area contributed by atoms with Gasteiger partial charge in [-0.2, -0.15) is 8.78 Å². The minimum absolute atomic E-state index is 0.144. The molecule has 0 spiro atoms. The standard InChI is InChI=1S/C15H16ClF2NO5/c1-23-10-5-9(6-13(20)21)19(7-10)14(22)11-4-8(16)2-3-12(11)24-15(17)18/h2-4,9-10,15H,5-7H2,1H3,(H,20,21). The highest BCUT2D eigenvalue weighted by molar-refractivity contribution is 6.31. The zero-order valence-electron chi connectivity index (χ0n) is 12.7. The number of nitrogens with zero attached hydrogens (tertiary/aromatic N) is 1. The van der Waals surface area contributed by atoms with Gasteiger partial charge in [-0.05, 0) is 24.6 Å². The number of carbonyl (C=O) groups excluding carboxylic acids is 1. The molecule has 1 fully saturated rings. The highest BCUT2D eigenvalue weighted by Gasteiger charge is 2.38. The van der Waals surface area contributed by atoms with Gasteiger partial charge in [-0.3, -0.25) is 9.59 Å². The Kier molecular flexibility index (Phi) is 5.95. The average molecular weight is 364 g/mol. The number of amides is 1. The fourth-order valence-corrected chi connectivity index (χ4v) is 2.88. The van der Waals surface area contributed by atoms with Gasteiger partial charge in [0.25, 0.3) is 5.91 Å². The number of hydrogen-bond acceptors (Lipinski definition) is 4. The van der Waals surface area contributed by atoms with Gasteiger partial charge in [0.2, 0.25) is 0 Å². The zero-order valence-corrected chi connectivity index (χ0v) is 13.5. The smallest absolute Gasteiger partial charge is 0.387 e. The van der Waals surface area contributed by atoms with Crippen LogP contribution in [0.5, 0.6) is 5.75 Å². The number of ether oxygens (including phenoxy) is 2. The van der Waals surface area contributed by atoms with Crippen molar-refractivity contribution in [3.63, 3.8) is 0 Å². The van der Waals surface area contributed by atoms with Crippen LogP contribution >= 0.6 is 11.6 Å². The molecule has 132 valence electrons. The maximum absolute atomic E-state index is 12.7. The first-order valence-electron chi connectivity index (χ1n) is 7.11. The van der Waals surface area contributed by atoms with Crippen LogP contribution in [-0.4, -0.2) is 54.3 Å². The van der Waals surface area contributed by atoms with E-state index in [1.165, 1.54) is 30.2 Å². The monoisotopic (exact) mass is 363 g/mol. The first-order valence-corrected chi connectivity index (χ1v) is 7.49. The molecule has 1 aromatic rings. The molecule has 0 radical (unpaired) electrons. The van der Waals surface area contributed by atoms with E-state index in [0.29, 0.717) is 6.42 Å². The number of likely N-dealkylation sites (tertiary alicyclic amines) is 1. The molecule has 24 heavy (non-hydrogen) atoms. The summed E-state index contributed by atoms with van der Waals surface area (Å²) in [5.41, 5.74) is -0.144. The van der Waals surface area contributed by atoms with E-state index in [1.54, 1.807) is 0 Å². The molecule has 1 amide bonds. The van der Waals surface area contributed by atoms with Gasteiger partial charge in [-0.1, -0.05) is 11.6 Å². The fraction of sp³-hybridized carbons (Fsp3) is 0.467. The van der Waals surface area contributed by atoms with Crippen LogP contribution in [0.1, 0.15) is 23.2 Å². The third-order valence-corrected chi connectivity index (χ3v) is 4.00. The van der Waals surface area contributed by atoms with Crippen molar-refractivity contribution < 1.29 is 33.0 Å². The number of benzene rings is 1. The molecule has 0 aliphatic carbocycles. The van der Waals surface area contributed by atoms with Crippen molar-refractivity contribution >= 4 is 23.5 Å². The Bertz CT molecular complexity index is 628. The Hall–Kier alpha value is -1.93. The summed E-state index contributed by atoms with van der Waals surface area (Å²) in [5, 5.41) is 9.17. The minimum atomic E-state index is -3.10. The Morgan fingerprint density at radius 2 is 2.17 bits per heavy atom. The first kappa shape index (κ1) is 18.4. The highest BCUT2D eigenvalue weighted by atomic mass is 35.5. The second-order valence-corrected chi connectivity index (χ2v) is 5.76. The average Bonchev–Trinajstić information content (AvgIpc) is 2.90. The summed E-state index contributed by atoms with van der Waals surface area (Å²) in [6.45, 7) is -2.94. The first-order chi connectivity index (χ1) is 11.3. The van der Waals surface area contributed by atoms with Crippen LogP contribution in [0.4, 0.5) is 8.78 Å². The molecule has 2 atom stereocenters. The largest absolute Gasteiger partial charge is 0.481 e. The molecule has 1 heterocycles. The summed E-state index contributed by atoms with van der Waals surface area (Å²) in [4.78, 5) is 25.0. The fourth-order valence-electron chi connectivity index (χ4n) is 2.71. The second-order valence-electron chi connectivity index (χ2n) is 5.32. The summed E-state index contributed by atoms with van der Waals surface area (Å²) in [6.07, 6.45) is -0.242. The minimum Gasteiger partial charge on any atom is -0.481 e. The molecule has 2 rings (SSSR count). The summed E-state index contributed by atoms with van der Waals surface area (Å²) in [7, 11) is 1.46. The van der Waals surface area contributed by atoms with E-state index in [2.05, 4.69) is 4.74 Å². The molecular formula is C15H16ClF2NO5. The molecule has 1 aromatic carbocycles. The quantitative estimate of drug-likeness (QED) is 0.841. The summed E-state index contributed by atoms with van der Waals surface area (Å²) in [6, 6.07) is 3.13. The Morgan fingerprint density at radius 3 is 2.75 bits per heavy atom. The summed E-state index contributed by atoms with van der Waals surface area (Å²) >= 11 is 5.85. The van der Waals surface area contributed by atoms with Crippen molar-refractivity contribution in [1.29, 1.82) is 0 Å². The van der Waals surface area contributed by atoms with Crippen LogP contribution in [0.25, 0.3) is 0 Å². The van der Waals surface area contributed by atoms with Gasteiger partial charge in [0.1, 0.15) is 5.75 Å². The zero-order chi connectivity index (χ0) is 17.9. The van der Waals surface area contributed by atoms with Crippen molar-refractivity contribution in [2.75, 3.05) is 13.7 Å². The number of hydrogen-bond donors (Lipinski definition) is 1. The topological polar surface area (TPSA) is 76.1 Å². The van der Waals surface area contributed by atoms with Crippen LogP contribution < -0.4 is 4.74 Å². The number of rotatable bonds is 6. The van der Waals surface area contributed by atoms with Crippen LogP contribution in [0.15, 0.2) is 18.2 Å². The molecule has 0 saturated carbocycles. The van der Waals surface area contributed by atoms with Crippen LogP contribution in [-0.2, 0) is 9.53 Å². The lowest BCUT2D eigenvalue weighted by molar-refractivity contribution is -0.138. The Balaban J connectivity index is 2.31. The van der Waals surface area contributed by atoms with E-state index >= 15 is 0 Å². The van der Waals surface area contributed by atoms with E-state index in [-0.39, 0.29) is 35.4 Å². The van der Waals surface area contributed by atoms with Crippen molar-refractivity contribution in [3.8, 4) is 5.75 Å². The number of methoxy groups -OCH3 is 1. The van der Waals surface area contributed by atoms with E-state index < -0.39 is 24.5 Å². The maximum atomic E-state index is 12.7. The molecular weight excluding hydrogens is 348 g/mol. The lowest BCUT2D eigenvalue weighted by Gasteiger charge is -2.24. The van der Waals surface area contributed by atoms with E-state index in [4.69, 9.17) is 21.4 Å². The number of carboxylic acids is 1. The molecule has 6 nitrogen and oxygen atoms in total. The third-order valence-electron chi connectivity index (χ3n) is 3.77. The van der Waals surface area contributed by atoms with E-state index in [1.807, 2.05) is 0 Å². The van der Waals surface area contributed by atoms with Gasteiger partial charge < -0.3 is 19.5 Å². The molecule has 2 unspecified atom stereocenters. The normalized spacial score (nSPS) is 20.5.